The molecule has 0 spiro atoms. The second kappa shape index (κ2) is 6.58. The Morgan fingerprint density at radius 1 is 1.33 bits per heavy atom. The predicted molar refractivity (Wildman–Crippen MR) is 80.4 cm³/mol. The van der Waals surface area contributed by atoms with Crippen molar-refractivity contribution in [3.05, 3.63) is 29.8 Å². The molecule has 21 heavy (non-hydrogen) atoms. The molecule has 1 aliphatic heterocycles. The van der Waals surface area contributed by atoms with E-state index < -0.39 is 5.54 Å². The van der Waals surface area contributed by atoms with Gasteiger partial charge in [-0.25, -0.2) is 0 Å². The summed E-state index contributed by atoms with van der Waals surface area (Å²) >= 11 is 0. The van der Waals surface area contributed by atoms with Gasteiger partial charge in [-0.05, 0) is 19.9 Å². The van der Waals surface area contributed by atoms with Gasteiger partial charge < -0.3 is 14.8 Å². The van der Waals surface area contributed by atoms with Crippen molar-refractivity contribution in [3.8, 4) is 5.75 Å². The Morgan fingerprint density at radius 3 is 2.81 bits per heavy atom. The van der Waals surface area contributed by atoms with E-state index in [1.807, 2.05) is 38.1 Å². The smallest absolute Gasteiger partial charge is 0.256 e. The minimum absolute atomic E-state index is 0.147. The molecule has 6 heteroatoms. The van der Waals surface area contributed by atoms with E-state index in [1.165, 1.54) is 0 Å². The number of methoxy groups -OCH3 is 1. The van der Waals surface area contributed by atoms with Crippen molar-refractivity contribution >= 4 is 11.9 Å². The lowest BCUT2D eigenvalue weighted by atomic mass is 9.91. The van der Waals surface area contributed by atoms with Crippen LogP contribution in [0.3, 0.4) is 0 Å². The molecule has 0 aromatic heterocycles. The Balaban J connectivity index is 2.26. The third-order valence-corrected chi connectivity index (χ3v) is 3.35. The highest BCUT2D eigenvalue weighted by Gasteiger charge is 2.44. The molecule has 0 aliphatic carbocycles. The SMILES string of the molecule is CCOc1ccccc1C1(C)NC(=NCCOC)NC1=O. The van der Waals surface area contributed by atoms with Gasteiger partial charge in [-0.2, -0.15) is 0 Å². The normalized spacial score (nSPS) is 23.0. The number of ether oxygens (including phenoxy) is 2. The lowest BCUT2D eigenvalue weighted by Gasteiger charge is -2.24. The van der Waals surface area contributed by atoms with Crippen molar-refractivity contribution < 1.29 is 14.3 Å². The van der Waals surface area contributed by atoms with Crippen molar-refractivity contribution in [1.82, 2.24) is 10.6 Å². The second-order valence-electron chi connectivity index (χ2n) is 4.86. The quantitative estimate of drug-likeness (QED) is 0.768. The number of guanidine groups is 1. The van der Waals surface area contributed by atoms with Crippen molar-refractivity contribution in [2.45, 2.75) is 19.4 Å². The standard InChI is InChI=1S/C15H21N3O3/c1-4-21-12-8-6-5-7-11(12)15(2)13(19)17-14(18-15)16-9-10-20-3/h5-8H,4,9-10H2,1-3H3,(H2,16,17,18,19). The fraction of sp³-hybridized carbons (Fsp3) is 0.467. The first-order valence-electron chi connectivity index (χ1n) is 6.97. The molecule has 2 N–H and O–H groups in total. The number of amides is 1. The molecule has 0 radical (unpaired) electrons. The van der Waals surface area contributed by atoms with Crippen LogP contribution in [-0.2, 0) is 15.1 Å². The van der Waals surface area contributed by atoms with Gasteiger partial charge in [0.05, 0.1) is 19.8 Å². The van der Waals surface area contributed by atoms with Crippen molar-refractivity contribution in [3.63, 3.8) is 0 Å². The molecule has 2 rings (SSSR count). The third kappa shape index (κ3) is 3.16. The molecule has 0 saturated carbocycles. The maximum Gasteiger partial charge on any atom is 0.256 e. The largest absolute Gasteiger partial charge is 0.493 e. The van der Waals surface area contributed by atoms with Gasteiger partial charge in [0.1, 0.15) is 11.3 Å². The predicted octanol–water partition coefficient (Wildman–Crippen LogP) is 1.02. The van der Waals surface area contributed by atoms with Gasteiger partial charge in [-0.15, -0.1) is 0 Å². The van der Waals surface area contributed by atoms with Gasteiger partial charge in [0, 0.05) is 12.7 Å². The highest BCUT2D eigenvalue weighted by atomic mass is 16.5. The average Bonchev–Trinajstić information content (AvgIpc) is 2.76. The monoisotopic (exact) mass is 291 g/mol. The Kier molecular flexibility index (Phi) is 4.80. The Morgan fingerprint density at radius 2 is 2.10 bits per heavy atom. The van der Waals surface area contributed by atoms with Gasteiger partial charge in [0.2, 0.25) is 0 Å². The van der Waals surface area contributed by atoms with E-state index in [-0.39, 0.29) is 5.91 Å². The molecule has 1 atom stereocenters. The molecule has 1 aliphatic rings. The van der Waals surface area contributed by atoms with Crippen LogP contribution < -0.4 is 15.4 Å². The highest BCUT2D eigenvalue weighted by Crippen LogP contribution is 2.32. The van der Waals surface area contributed by atoms with Crippen molar-refractivity contribution in [2.75, 3.05) is 26.9 Å². The first-order chi connectivity index (χ1) is 10.1. The molecule has 1 fully saturated rings. The zero-order valence-electron chi connectivity index (χ0n) is 12.6. The van der Waals surface area contributed by atoms with Crippen LogP contribution in [0.1, 0.15) is 19.4 Å². The number of para-hydroxylation sites is 1. The fourth-order valence-corrected chi connectivity index (χ4v) is 2.24. The minimum atomic E-state index is -0.891. The van der Waals surface area contributed by atoms with Crippen LogP contribution in [0.4, 0.5) is 0 Å². The summed E-state index contributed by atoms with van der Waals surface area (Å²) in [5.41, 5.74) is -0.0983. The van der Waals surface area contributed by atoms with Crippen molar-refractivity contribution in [1.29, 1.82) is 0 Å². The van der Waals surface area contributed by atoms with Gasteiger partial charge in [0.15, 0.2) is 5.96 Å². The summed E-state index contributed by atoms with van der Waals surface area (Å²) < 4.78 is 10.6. The zero-order valence-corrected chi connectivity index (χ0v) is 12.6. The molecule has 1 aromatic carbocycles. The molecule has 1 heterocycles. The highest BCUT2D eigenvalue weighted by molar-refractivity contribution is 6.09. The Bertz CT molecular complexity index is 545. The number of nitrogens with zero attached hydrogens (tertiary/aromatic N) is 1. The summed E-state index contributed by atoms with van der Waals surface area (Å²) in [4.78, 5) is 16.6. The summed E-state index contributed by atoms with van der Waals surface area (Å²) in [5, 5.41) is 5.90. The molecule has 0 bridgehead atoms. The number of carbonyl (C=O) groups is 1. The summed E-state index contributed by atoms with van der Waals surface area (Å²) in [7, 11) is 1.61. The number of carbonyl (C=O) groups excluding carboxylic acids is 1. The van der Waals surface area contributed by atoms with E-state index in [2.05, 4.69) is 15.6 Å². The average molecular weight is 291 g/mol. The van der Waals surface area contributed by atoms with E-state index in [1.54, 1.807) is 7.11 Å². The van der Waals surface area contributed by atoms with Crippen LogP contribution in [0.25, 0.3) is 0 Å². The molecular weight excluding hydrogens is 270 g/mol. The molecule has 6 nitrogen and oxygen atoms in total. The van der Waals surface area contributed by atoms with Crippen LogP contribution in [0.5, 0.6) is 5.75 Å². The minimum Gasteiger partial charge on any atom is -0.493 e. The maximum absolute atomic E-state index is 12.4. The van der Waals surface area contributed by atoms with E-state index >= 15 is 0 Å². The number of rotatable bonds is 6. The Hall–Kier alpha value is -2.08. The second-order valence-corrected chi connectivity index (χ2v) is 4.86. The molecule has 114 valence electrons. The fourth-order valence-electron chi connectivity index (χ4n) is 2.24. The summed E-state index contributed by atoms with van der Waals surface area (Å²) in [6.07, 6.45) is 0. The summed E-state index contributed by atoms with van der Waals surface area (Å²) in [5.74, 6) is 1.01. The first kappa shape index (κ1) is 15.3. The number of hydrogen-bond acceptors (Lipinski definition) is 4. The van der Waals surface area contributed by atoms with Crippen LogP contribution in [0.2, 0.25) is 0 Å². The summed E-state index contributed by atoms with van der Waals surface area (Å²) in [6, 6.07) is 7.52. The molecule has 1 aromatic rings. The first-order valence-corrected chi connectivity index (χ1v) is 6.97. The molecule has 1 unspecified atom stereocenters. The van der Waals surface area contributed by atoms with Gasteiger partial charge in [-0.3, -0.25) is 15.1 Å². The molecule has 1 amide bonds. The lowest BCUT2D eigenvalue weighted by molar-refractivity contribution is -0.123. The van der Waals surface area contributed by atoms with Gasteiger partial charge >= 0.3 is 0 Å². The molecular formula is C15H21N3O3. The Labute approximate surface area is 124 Å². The summed E-state index contributed by atoms with van der Waals surface area (Å²) in [6.45, 7) is 5.27. The van der Waals surface area contributed by atoms with E-state index in [9.17, 15) is 4.79 Å². The molecule has 1 saturated heterocycles. The lowest BCUT2D eigenvalue weighted by Crippen LogP contribution is -2.41. The van der Waals surface area contributed by atoms with Crippen molar-refractivity contribution in [2.24, 2.45) is 4.99 Å². The van der Waals surface area contributed by atoms with Crippen LogP contribution in [0.15, 0.2) is 29.3 Å². The van der Waals surface area contributed by atoms with Gasteiger partial charge in [-0.1, -0.05) is 18.2 Å². The third-order valence-electron chi connectivity index (χ3n) is 3.35. The number of benzene rings is 1. The number of aliphatic imine (C=N–C) groups is 1. The van der Waals surface area contributed by atoms with Crippen LogP contribution >= 0.6 is 0 Å². The van der Waals surface area contributed by atoms with E-state index in [0.717, 1.165) is 5.56 Å². The maximum atomic E-state index is 12.4. The van der Waals surface area contributed by atoms with Crippen LogP contribution in [0, 0.1) is 0 Å². The van der Waals surface area contributed by atoms with E-state index in [4.69, 9.17) is 9.47 Å². The number of nitrogens with one attached hydrogen (secondary N) is 2. The van der Waals surface area contributed by atoms with Gasteiger partial charge in [0.25, 0.3) is 5.91 Å². The van der Waals surface area contributed by atoms with Crippen LogP contribution in [-0.4, -0.2) is 38.7 Å². The van der Waals surface area contributed by atoms with E-state index in [0.29, 0.717) is 31.5 Å². The zero-order chi connectivity index (χ0) is 15.3. The number of hydrogen-bond donors (Lipinski definition) is 2. The topological polar surface area (TPSA) is 71.9 Å².